The van der Waals surface area contributed by atoms with Crippen LogP contribution in [0.4, 0.5) is 10.1 Å². The molecule has 2 aromatic rings. The zero-order valence-corrected chi connectivity index (χ0v) is 21.6. The lowest BCUT2D eigenvalue weighted by Crippen LogP contribution is -2.38. The summed E-state index contributed by atoms with van der Waals surface area (Å²) >= 11 is 17.6. The van der Waals surface area contributed by atoms with E-state index in [4.69, 9.17) is 34.8 Å². The van der Waals surface area contributed by atoms with Crippen molar-refractivity contribution in [2.45, 2.75) is 32.1 Å². The molecule has 1 saturated heterocycles. The molecule has 0 unspecified atom stereocenters. The number of piperidine rings is 1. The average molecular weight is 541 g/mol. The van der Waals surface area contributed by atoms with E-state index < -0.39 is 5.82 Å². The fourth-order valence-electron chi connectivity index (χ4n) is 3.93. The molecular weight excluding hydrogens is 512 g/mol. The lowest BCUT2D eigenvalue weighted by molar-refractivity contribution is -0.121. The molecule has 35 heavy (non-hydrogen) atoms. The molecule has 2 amide bonds. The molecule has 1 fully saturated rings. The van der Waals surface area contributed by atoms with Crippen molar-refractivity contribution in [2.75, 3.05) is 31.5 Å². The highest BCUT2D eigenvalue weighted by Crippen LogP contribution is 2.24. The van der Waals surface area contributed by atoms with E-state index in [1.54, 1.807) is 24.3 Å². The van der Waals surface area contributed by atoms with Gasteiger partial charge in [0, 0.05) is 24.2 Å². The molecule has 0 aromatic heterocycles. The number of rotatable bonds is 10. The number of carbonyl (C=O) groups excluding carboxylic acids is 2. The third-order valence-electron chi connectivity index (χ3n) is 5.97. The summed E-state index contributed by atoms with van der Waals surface area (Å²) in [6, 6.07) is 9.41. The minimum Gasteiger partial charge on any atom is -0.353 e. The van der Waals surface area contributed by atoms with Crippen LogP contribution in [0.15, 0.2) is 42.5 Å². The molecule has 0 radical (unpaired) electrons. The molecule has 1 aliphatic heterocycles. The molecule has 0 atom stereocenters. The number of amides is 2. The Hall–Kier alpha value is -2.12. The Morgan fingerprint density at radius 3 is 2.46 bits per heavy atom. The number of nitrogens with one attached hydrogen (secondary N) is 2. The summed E-state index contributed by atoms with van der Waals surface area (Å²) in [6.45, 7) is 3.35. The van der Waals surface area contributed by atoms with E-state index in [2.05, 4.69) is 15.5 Å². The second-order valence-electron chi connectivity index (χ2n) is 8.59. The Bertz CT molecular complexity index is 1060. The van der Waals surface area contributed by atoms with E-state index >= 15 is 0 Å². The topological polar surface area (TPSA) is 61.4 Å². The average Bonchev–Trinajstić information content (AvgIpc) is 2.84. The first-order chi connectivity index (χ1) is 16.8. The van der Waals surface area contributed by atoms with Crippen LogP contribution in [-0.4, -0.2) is 42.9 Å². The second-order valence-corrected chi connectivity index (χ2v) is 9.81. The van der Waals surface area contributed by atoms with Crippen LogP contribution in [0, 0.1) is 11.7 Å². The summed E-state index contributed by atoms with van der Waals surface area (Å²) in [5, 5.41) is 6.66. The molecule has 0 saturated carbocycles. The fourth-order valence-corrected chi connectivity index (χ4v) is 4.42. The second kappa shape index (κ2) is 13.8. The quantitative estimate of drug-likeness (QED) is 0.269. The van der Waals surface area contributed by atoms with Gasteiger partial charge in [-0.3, -0.25) is 9.59 Å². The van der Waals surface area contributed by atoms with Crippen molar-refractivity contribution in [3.63, 3.8) is 0 Å². The Labute approximate surface area is 220 Å². The van der Waals surface area contributed by atoms with Crippen LogP contribution in [-0.2, 0) is 9.59 Å². The lowest BCUT2D eigenvalue weighted by Gasteiger charge is -2.31. The van der Waals surface area contributed by atoms with Crippen molar-refractivity contribution in [1.29, 1.82) is 0 Å². The maximum absolute atomic E-state index is 13.3. The Balaban J connectivity index is 1.25. The summed E-state index contributed by atoms with van der Waals surface area (Å²) in [6.07, 6.45) is 7.75. The number of carbonyl (C=O) groups is 2. The maximum Gasteiger partial charge on any atom is 0.243 e. The van der Waals surface area contributed by atoms with Gasteiger partial charge in [0.1, 0.15) is 5.82 Å². The summed E-state index contributed by atoms with van der Waals surface area (Å²) < 4.78 is 13.3. The molecule has 9 heteroatoms. The molecule has 1 aliphatic rings. The van der Waals surface area contributed by atoms with E-state index in [1.165, 1.54) is 24.3 Å². The van der Waals surface area contributed by atoms with Crippen molar-refractivity contribution in [3.05, 3.63) is 68.9 Å². The highest BCUT2D eigenvalue weighted by Gasteiger charge is 2.24. The largest absolute Gasteiger partial charge is 0.353 e. The van der Waals surface area contributed by atoms with Gasteiger partial charge in [0.05, 0.1) is 15.1 Å². The number of hydrogen-bond acceptors (Lipinski definition) is 3. The van der Waals surface area contributed by atoms with Crippen LogP contribution in [0.25, 0.3) is 6.08 Å². The third-order valence-corrected chi connectivity index (χ3v) is 7.00. The van der Waals surface area contributed by atoms with Crippen LogP contribution in [0.3, 0.4) is 0 Å². The highest BCUT2D eigenvalue weighted by molar-refractivity contribution is 6.42. The summed E-state index contributed by atoms with van der Waals surface area (Å²) in [7, 11) is 0. The number of anilines is 1. The first-order valence-electron chi connectivity index (χ1n) is 11.7. The third kappa shape index (κ3) is 9.12. The molecule has 2 N–H and O–H groups in total. The summed E-state index contributed by atoms with van der Waals surface area (Å²) in [4.78, 5) is 26.8. The Kier molecular flexibility index (Phi) is 10.9. The van der Waals surface area contributed by atoms with Gasteiger partial charge in [0.25, 0.3) is 0 Å². The van der Waals surface area contributed by atoms with Gasteiger partial charge in [-0.2, -0.15) is 0 Å². The van der Waals surface area contributed by atoms with Crippen molar-refractivity contribution >= 4 is 58.4 Å². The Morgan fingerprint density at radius 1 is 0.971 bits per heavy atom. The van der Waals surface area contributed by atoms with Gasteiger partial charge in [-0.15, -0.1) is 0 Å². The Morgan fingerprint density at radius 2 is 1.74 bits per heavy atom. The molecule has 1 heterocycles. The van der Waals surface area contributed by atoms with Gasteiger partial charge >= 0.3 is 0 Å². The van der Waals surface area contributed by atoms with Crippen LogP contribution < -0.4 is 10.6 Å². The van der Waals surface area contributed by atoms with E-state index in [1.807, 2.05) is 0 Å². The van der Waals surface area contributed by atoms with E-state index in [0.29, 0.717) is 22.3 Å². The van der Waals surface area contributed by atoms with Crippen LogP contribution in [0.5, 0.6) is 0 Å². The fraction of sp³-hybridized carbons (Fsp3) is 0.385. The normalized spacial score (nSPS) is 14.9. The predicted molar refractivity (Wildman–Crippen MR) is 142 cm³/mol. The van der Waals surface area contributed by atoms with Gasteiger partial charge in [0.2, 0.25) is 11.8 Å². The minimum absolute atomic E-state index is 0.00282. The van der Waals surface area contributed by atoms with Crippen LogP contribution >= 0.6 is 34.8 Å². The first-order valence-corrected chi connectivity index (χ1v) is 12.8. The number of unbranched alkanes of at least 4 members (excludes halogenated alkanes) is 2. The zero-order chi connectivity index (χ0) is 25.2. The molecule has 188 valence electrons. The van der Waals surface area contributed by atoms with Gasteiger partial charge in [-0.25, -0.2) is 4.39 Å². The van der Waals surface area contributed by atoms with Gasteiger partial charge in [-0.1, -0.05) is 47.3 Å². The number of benzene rings is 2. The predicted octanol–water partition coefficient (Wildman–Crippen LogP) is 6.44. The lowest BCUT2D eigenvalue weighted by atomic mass is 9.95. The van der Waals surface area contributed by atoms with E-state index in [-0.39, 0.29) is 22.8 Å². The zero-order valence-electron chi connectivity index (χ0n) is 19.3. The summed E-state index contributed by atoms with van der Waals surface area (Å²) in [5.41, 5.74) is 1.33. The number of likely N-dealkylation sites (tertiary alicyclic amines) is 1. The minimum atomic E-state index is -0.503. The number of hydrogen-bond donors (Lipinski definition) is 2. The van der Waals surface area contributed by atoms with Crippen molar-refractivity contribution in [2.24, 2.45) is 5.92 Å². The molecule has 0 bridgehead atoms. The van der Waals surface area contributed by atoms with Gasteiger partial charge in [-0.05, 0) is 87.3 Å². The summed E-state index contributed by atoms with van der Waals surface area (Å²) in [5.74, 6) is -0.741. The molecule has 3 rings (SSSR count). The first kappa shape index (κ1) is 27.5. The van der Waals surface area contributed by atoms with Crippen molar-refractivity contribution in [3.8, 4) is 0 Å². The van der Waals surface area contributed by atoms with Gasteiger partial charge in [0.15, 0.2) is 0 Å². The van der Waals surface area contributed by atoms with Crippen LogP contribution in [0.1, 0.15) is 37.7 Å². The molecule has 0 aliphatic carbocycles. The standard InChI is InChI=1S/C26H29Cl3FN3O2/c27-21-7-4-18(16-22(21)28)5-9-25(34)31-12-2-1-3-13-33-14-10-19(11-15-33)26(35)32-20-6-8-24(30)23(29)17-20/h4-9,16-17,19H,1-3,10-15H2,(H,31,34)(H,32,35)/b9-5+. The molecule has 5 nitrogen and oxygen atoms in total. The number of nitrogens with zero attached hydrogens (tertiary/aromatic N) is 1. The van der Waals surface area contributed by atoms with Crippen LogP contribution in [0.2, 0.25) is 15.1 Å². The van der Waals surface area contributed by atoms with E-state index in [9.17, 15) is 14.0 Å². The molecule has 0 spiro atoms. The maximum atomic E-state index is 13.3. The smallest absolute Gasteiger partial charge is 0.243 e. The highest BCUT2D eigenvalue weighted by atomic mass is 35.5. The van der Waals surface area contributed by atoms with Gasteiger partial charge < -0.3 is 15.5 Å². The molecular formula is C26H29Cl3FN3O2. The number of halogens is 4. The van der Waals surface area contributed by atoms with Crippen molar-refractivity contribution in [1.82, 2.24) is 10.2 Å². The van der Waals surface area contributed by atoms with Crippen molar-refractivity contribution < 1.29 is 14.0 Å². The van der Waals surface area contributed by atoms with E-state index in [0.717, 1.165) is 57.3 Å². The SMILES string of the molecule is O=C(/C=C/c1ccc(Cl)c(Cl)c1)NCCCCCN1CCC(C(=O)Nc2ccc(F)c(Cl)c2)CC1. The monoisotopic (exact) mass is 539 g/mol. The molecule has 2 aromatic carbocycles.